The lowest BCUT2D eigenvalue weighted by molar-refractivity contribution is -0.138. The number of carboxylic acid groups (broad SMARTS) is 1. The van der Waals surface area contributed by atoms with Crippen molar-refractivity contribution in [1.82, 2.24) is 0 Å². The number of benzene rings is 1. The Morgan fingerprint density at radius 3 is 2.50 bits per heavy atom. The molecule has 0 fully saturated rings. The van der Waals surface area contributed by atoms with Crippen molar-refractivity contribution in [2.75, 3.05) is 13.2 Å². The third-order valence-electron chi connectivity index (χ3n) is 2.08. The molecule has 5 nitrogen and oxygen atoms in total. The van der Waals surface area contributed by atoms with E-state index >= 15 is 0 Å². The van der Waals surface area contributed by atoms with Crippen LogP contribution < -0.4 is 16.2 Å². The Hall–Kier alpha value is -1.59. The van der Waals surface area contributed by atoms with Gasteiger partial charge in [-0.15, -0.1) is 0 Å². The highest BCUT2D eigenvalue weighted by Gasteiger charge is 2.11. The summed E-state index contributed by atoms with van der Waals surface area (Å²) in [5, 5.41) is 8.65. The van der Waals surface area contributed by atoms with Crippen LogP contribution in [0.2, 0.25) is 0 Å². The van der Waals surface area contributed by atoms with E-state index in [-0.39, 0.29) is 0 Å². The van der Waals surface area contributed by atoms with E-state index in [0.717, 1.165) is 11.3 Å². The Balaban J connectivity index is 2.54. The molecular formula is C11H16N2O3. The van der Waals surface area contributed by atoms with Crippen LogP contribution in [0.4, 0.5) is 0 Å². The van der Waals surface area contributed by atoms with Gasteiger partial charge in [0.25, 0.3) is 0 Å². The summed E-state index contributed by atoms with van der Waals surface area (Å²) in [4.78, 5) is 10.5. The van der Waals surface area contributed by atoms with Crippen molar-refractivity contribution >= 4 is 5.97 Å². The molecule has 0 heterocycles. The van der Waals surface area contributed by atoms with Gasteiger partial charge < -0.3 is 21.3 Å². The van der Waals surface area contributed by atoms with Gasteiger partial charge in [-0.1, -0.05) is 12.1 Å². The second-order valence-electron chi connectivity index (χ2n) is 3.43. The summed E-state index contributed by atoms with van der Waals surface area (Å²) in [7, 11) is 0. The van der Waals surface area contributed by atoms with Gasteiger partial charge in [-0.25, -0.2) is 0 Å². The van der Waals surface area contributed by atoms with Crippen molar-refractivity contribution in [2.45, 2.75) is 12.5 Å². The number of carboxylic acids is 1. The second-order valence-corrected chi connectivity index (χ2v) is 3.43. The third kappa shape index (κ3) is 3.88. The lowest BCUT2D eigenvalue weighted by atomic mass is 10.1. The smallest absolute Gasteiger partial charge is 0.320 e. The van der Waals surface area contributed by atoms with Crippen LogP contribution in [0.1, 0.15) is 5.56 Å². The van der Waals surface area contributed by atoms with Crippen molar-refractivity contribution in [1.29, 1.82) is 0 Å². The number of nitrogens with two attached hydrogens (primary N) is 2. The van der Waals surface area contributed by atoms with E-state index in [1.165, 1.54) is 0 Å². The average Bonchev–Trinajstić information content (AvgIpc) is 2.28. The number of rotatable bonds is 6. The summed E-state index contributed by atoms with van der Waals surface area (Å²) in [5.41, 5.74) is 11.6. The molecule has 0 bridgehead atoms. The van der Waals surface area contributed by atoms with Crippen molar-refractivity contribution in [3.8, 4) is 5.75 Å². The van der Waals surface area contributed by atoms with E-state index in [2.05, 4.69) is 0 Å². The largest absolute Gasteiger partial charge is 0.492 e. The van der Waals surface area contributed by atoms with Gasteiger partial charge in [0.05, 0.1) is 0 Å². The first kappa shape index (κ1) is 12.5. The molecule has 1 atom stereocenters. The van der Waals surface area contributed by atoms with Gasteiger partial charge in [0, 0.05) is 6.54 Å². The van der Waals surface area contributed by atoms with Crippen LogP contribution in [0.5, 0.6) is 5.75 Å². The molecular weight excluding hydrogens is 208 g/mol. The molecule has 0 saturated carbocycles. The lowest BCUT2D eigenvalue weighted by Gasteiger charge is -2.08. The van der Waals surface area contributed by atoms with Crippen LogP contribution in [0, 0.1) is 0 Å². The molecule has 1 aromatic rings. The van der Waals surface area contributed by atoms with Crippen LogP contribution in [0.15, 0.2) is 24.3 Å². The van der Waals surface area contributed by atoms with Crippen molar-refractivity contribution in [2.24, 2.45) is 11.5 Å². The number of hydrogen-bond acceptors (Lipinski definition) is 4. The van der Waals surface area contributed by atoms with E-state index in [1.54, 1.807) is 24.3 Å². The standard InChI is InChI=1S/C11H16N2O3/c12-5-6-16-9-3-1-8(2-4-9)7-10(13)11(14)15/h1-4,10H,5-7,12-13H2,(H,14,15)/t10-/m1/s1. The molecule has 0 aromatic heterocycles. The molecule has 1 aromatic carbocycles. The second kappa shape index (κ2) is 6.09. The average molecular weight is 224 g/mol. The summed E-state index contributed by atoms with van der Waals surface area (Å²) >= 11 is 0. The maximum Gasteiger partial charge on any atom is 0.320 e. The number of ether oxygens (including phenoxy) is 1. The normalized spacial score (nSPS) is 12.1. The Morgan fingerprint density at radius 1 is 1.38 bits per heavy atom. The van der Waals surface area contributed by atoms with Crippen molar-refractivity contribution < 1.29 is 14.6 Å². The predicted molar refractivity (Wildman–Crippen MR) is 60.3 cm³/mol. The van der Waals surface area contributed by atoms with Gasteiger partial charge in [-0.05, 0) is 24.1 Å². The van der Waals surface area contributed by atoms with Gasteiger partial charge in [0.15, 0.2) is 0 Å². The van der Waals surface area contributed by atoms with Gasteiger partial charge in [-0.3, -0.25) is 4.79 Å². The molecule has 0 saturated heterocycles. The Kier molecular flexibility index (Phi) is 4.75. The summed E-state index contributed by atoms with van der Waals surface area (Å²) in [6, 6.07) is 6.29. The monoisotopic (exact) mass is 224 g/mol. The van der Waals surface area contributed by atoms with E-state index in [1.807, 2.05) is 0 Å². The fourth-order valence-electron chi connectivity index (χ4n) is 1.24. The Bertz CT molecular complexity index is 338. The molecule has 1 rings (SSSR count). The zero-order valence-corrected chi connectivity index (χ0v) is 8.93. The molecule has 0 aliphatic rings. The molecule has 0 radical (unpaired) electrons. The minimum absolute atomic E-state index is 0.312. The minimum Gasteiger partial charge on any atom is -0.492 e. The predicted octanol–water partition coefficient (Wildman–Crippen LogP) is -0.0215. The molecule has 0 amide bonds. The summed E-state index contributed by atoms with van der Waals surface area (Å²) < 4.78 is 5.29. The van der Waals surface area contributed by atoms with E-state index < -0.39 is 12.0 Å². The molecule has 0 aliphatic carbocycles. The molecule has 0 spiro atoms. The molecule has 88 valence electrons. The maximum atomic E-state index is 10.5. The fourth-order valence-corrected chi connectivity index (χ4v) is 1.24. The highest BCUT2D eigenvalue weighted by molar-refractivity contribution is 5.73. The number of aliphatic carboxylic acids is 1. The van der Waals surface area contributed by atoms with Crippen molar-refractivity contribution in [3.05, 3.63) is 29.8 Å². The molecule has 5 N–H and O–H groups in total. The zero-order valence-electron chi connectivity index (χ0n) is 8.93. The van der Waals surface area contributed by atoms with Crippen molar-refractivity contribution in [3.63, 3.8) is 0 Å². The first-order valence-corrected chi connectivity index (χ1v) is 5.03. The van der Waals surface area contributed by atoms with Gasteiger partial charge in [-0.2, -0.15) is 0 Å². The maximum absolute atomic E-state index is 10.5. The first-order valence-electron chi connectivity index (χ1n) is 5.03. The fraction of sp³-hybridized carbons (Fsp3) is 0.364. The number of carbonyl (C=O) groups is 1. The van der Waals surface area contributed by atoms with Gasteiger partial charge in [0.1, 0.15) is 18.4 Å². The topological polar surface area (TPSA) is 98.6 Å². The summed E-state index contributed by atoms with van der Waals surface area (Å²) in [6.07, 6.45) is 0.312. The van der Waals surface area contributed by atoms with Gasteiger partial charge in [0.2, 0.25) is 0 Å². The van der Waals surface area contributed by atoms with E-state index in [0.29, 0.717) is 19.6 Å². The van der Waals surface area contributed by atoms with Gasteiger partial charge >= 0.3 is 5.97 Å². The highest BCUT2D eigenvalue weighted by atomic mass is 16.5. The summed E-state index contributed by atoms with van der Waals surface area (Å²) in [6.45, 7) is 0.930. The van der Waals surface area contributed by atoms with Crippen LogP contribution in [-0.2, 0) is 11.2 Å². The van der Waals surface area contributed by atoms with E-state index in [4.69, 9.17) is 21.3 Å². The molecule has 0 unspecified atom stereocenters. The SMILES string of the molecule is NCCOc1ccc(C[C@@H](N)C(=O)O)cc1. The lowest BCUT2D eigenvalue weighted by Crippen LogP contribution is -2.32. The number of hydrogen-bond donors (Lipinski definition) is 3. The Morgan fingerprint density at radius 2 is 2.00 bits per heavy atom. The quantitative estimate of drug-likeness (QED) is 0.630. The van der Waals surface area contributed by atoms with Crippen LogP contribution in [-0.4, -0.2) is 30.3 Å². The molecule has 16 heavy (non-hydrogen) atoms. The summed E-state index contributed by atoms with van der Waals surface area (Å²) in [5.74, 6) is -0.276. The zero-order chi connectivity index (χ0) is 12.0. The Labute approximate surface area is 94.0 Å². The minimum atomic E-state index is -0.997. The van der Waals surface area contributed by atoms with Crippen LogP contribution in [0.25, 0.3) is 0 Å². The highest BCUT2D eigenvalue weighted by Crippen LogP contribution is 2.12. The molecule has 0 aliphatic heterocycles. The first-order chi connectivity index (χ1) is 7.63. The van der Waals surface area contributed by atoms with E-state index in [9.17, 15) is 4.79 Å². The third-order valence-corrected chi connectivity index (χ3v) is 2.08. The van der Waals surface area contributed by atoms with Crippen LogP contribution >= 0.6 is 0 Å². The van der Waals surface area contributed by atoms with Crippen LogP contribution in [0.3, 0.4) is 0 Å². The molecule has 5 heteroatoms.